The molecule has 0 spiro atoms. The predicted octanol–water partition coefficient (Wildman–Crippen LogP) is 16.2. The number of hydrogen-bond donors (Lipinski definition) is 4. The van der Waals surface area contributed by atoms with E-state index in [2.05, 4.69) is 105 Å². The summed E-state index contributed by atoms with van der Waals surface area (Å²) in [4.78, 5) is 119. The van der Waals surface area contributed by atoms with Crippen molar-refractivity contribution in [1.82, 2.24) is 43.3 Å². The number of carbonyl (C=O) groups excluding carboxylic acids is 4. The molecule has 36 heteroatoms. The standard InChI is InChI=1S/C30H23F2N3O4S.C30H25N3O4S.C28H23N3O4S2.C26H20N4O5/c31-22-10-9-19-21(25(22)32)16-40-29-18(17-5-2-1-3-6-17)7-4-8-20(29)26(19)35-24-15-39-14-13-33(24)30(38)27-28(37)23(36)11-12-34(27)35;34-24-13-14-32-28(29(24)35)30(36)31-15-16-37-17-26(31)33(32)27-21-11-6-10-20(19-7-2-1-3-8-19)23(21)18-38-25-12-5-4-9-22(25)27;32-21-10-11-30-26(27(21)33)28(34)29-12-13-35-15-24(29)31(30)25-18-7-3-6-17(22-9-4-14-36-22)20(18)16-37-23-8-2-1-5-19(23)25;31-19-9-10-29-23(24(19)32)26(33)28-11-12-34-13-20(28)30(29)22-16-6-2-1-5-15(16)21-25(35-14-27-21)18-8-4-3-7-17(18)22/h1-12,24,26,37H,13-16H2;1-14,26-27,35H,15-18H2;1-11,14,24-25,33H,12-13,15-16H2;1-10,14,20,22,32H,11-13H2/t24-,26+;26-,27+;24-,25+;20-,22+/m0000/s1. The molecule has 12 aliphatic rings. The van der Waals surface area contributed by atoms with Crippen molar-refractivity contribution in [3.63, 3.8) is 0 Å². The molecule has 0 unspecified atom stereocenters. The Bertz CT molecular complexity index is 8360. The van der Waals surface area contributed by atoms with Gasteiger partial charge in [-0.1, -0.05) is 212 Å². The predicted molar refractivity (Wildman–Crippen MR) is 561 cm³/mol. The molecule has 1 aliphatic carbocycles. The molecular formula is C114H91F2N13O17S4. The van der Waals surface area contributed by atoms with Crippen molar-refractivity contribution in [3.05, 3.63) is 434 Å². The molecule has 11 aliphatic heterocycles. The van der Waals surface area contributed by atoms with E-state index < -0.39 is 105 Å². The van der Waals surface area contributed by atoms with E-state index in [1.165, 1.54) is 80.4 Å². The summed E-state index contributed by atoms with van der Waals surface area (Å²) < 4.78 is 65.8. The quantitative estimate of drug-likeness (QED) is 0.115. The van der Waals surface area contributed by atoms with Crippen molar-refractivity contribution in [2.45, 2.75) is 80.8 Å². The summed E-state index contributed by atoms with van der Waals surface area (Å²) in [5.41, 5.74) is 15.7. The Balaban J connectivity index is 0.000000104. The van der Waals surface area contributed by atoms with Crippen LogP contribution >= 0.6 is 46.6 Å². The lowest BCUT2D eigenvalue weighted by Gasteiger charge is -2.51. The fraction of sp³-hybridized carbons (Fsp3) is 0.202. The highest BCUT2D eigenvalue weighted by Gasteiger charge is 2.53. The molecule has 0 radical (unpaired) electrons. The largest absolute Gasteiger partial charge is 0.502 e. The highest BCUT2D eigenvalue weighted by atomic mass is 32.2. The van der Waals surface area contributed by atoms with E-state index in [0.717, 1.165) is 105 Å². The number of fused-ring (bicyclic) bond motifs is 19. The minimum absolute atomic E-state index is 0.00371. The van der Waals surface area contributed by atoms with Gasteiger partial charge in [-0.2, -0.15) is 0 Å². The molecule has 16 aromatic rings. The van der Waals surface area contributed by atoms with Gasteiger partial charge in [0.1, 0.15) is 30.4 Å². The normalized spacial score (nSPS) is 20.2. The van der Waals surface area contributed by atoms with E-state index in [9.17, 15) is 63.2 Å². The summed E-state index contributed by atoms with van der Waals surface area (Å²) in [6.07, 6.45) is 5.72. The van der Waals surface area contributed by atoms with Gasteiger partial charge in [-0.15, -0.1) is 46.6 Å². The van der Waals surface area contributed by atoms with Crippen molar-refractivity contribution in [2.24, 2.45) is 0 Å². The molecule has 30 nitrogen and oxygen atoms in total. The van der Waals surface area contributed by atoms with E-state index in [4.69, 9.17) is 23.4 Å². The lowest BCUT2D eigenvalue weighted by molar-refractivity contribution is -0.0198. The summed E-state index contributed by atoms with van der Waals surface area (Å²) in [6, 6.07) is 81.8. The zero-order chi connectivity index (χ0) is 102. The Morgan fingerprint density at radius 2 is 0.673 bits per heavy atom. The molecule has 6 aromatic heterocycles. The Morgan fingerprint density at radius 3 is 1.13 bits per heavy atom. The summed E-state index contributed by atoms with van der Waals surface area (Å²) in [6.45, 7) is 3.90. The minimum atomic E-state index is -0.939. The summed E-state index contributed by atoms with van der Waals surface area (Å²) in [7, 11) is 0. The number of thioether (sulfide) groups is 3. The fourth-order valence-corrected chi connectivity index (χ4v) is 27.3. The van der Waals surface area contributed by atoms with Gasteiger partial charge in [-0.3, -0.25) is 77.1 Å². The topological polar surface area (TPSA) is 326 Å². The van der Waals surface area contributed by atoms with E-state index in [-0.39, 0.29) is 77.7 Å². The molecule has 752 valence electrons. The van der Waals surface area contributed by atoms with Crippen LogP contribution in [0, 0.1) is 11.6 Å². The van der Waals surface area contributed by atoms with Crippen LogP contribution < -0.4 is 41.8 Å². The van der Waals surface area contributed by atoms with Gasteiger partial charge in [0, 0.05) is 129 Å². The first-order valence-corrected chi connectivity index (χ1v) is 52.8. The van der Waals surface area contributed by atoms with Gasteiger partial charge in [0.15, 0.2) is 69.6 Å². The number of nitrogens with zero attached hydrogens (tertiary/aromatic N) is 13. The van der Waals surface area contributed by atoms with Crippen LogP contribution in [0.1, 0.15) is 127 Å². The van der Waals surface area contributed by atoms with Crippen molar-refractivity contribution < 1.29 is 71.7 Å². The molecule has 8 atom stereocenters. The van der Waals surface area contributed by atoms with E-state index in [0.29, 0.717) is 70.6 Å². The number of amides is 4. The first-order valence-electron chi connectivity index (χ1n) is 49.0. The summed E-state index contributed by atoms with van der Waals surface area (Å²) >= 11 is 6.75. The third-order valence-corrected chi connectivity index (χ3v) is 34.0. The second-order valence-electron chi connectivity index (χ2n) is 37.5. The zero-order valence-corrected chi connectivity index (χ0v) is 83.1. The van der Waals surface area contributed by atoms with Crippen LogP contribution in [0.25, 0.3) is 55.3 Å². The second kappa shape index (κ2) is 38.9. The minimum Gasteiger partial charge on any atom is -0.502 e. The number of benzene rings is 10. The Kier molecular flexibility index (Phi) is 24.6. The fourth-order valence-electron chi connectivity index (χ4n) is 23.0. The number of aromatic hydroxyl groups is 4. The third kappa shape index (κ3) is 15.8. The van der Waals surface area contributed by atoms with Crippen molar-refractivity contribution >= 4 is 70.3 Å². The lowest BCUT2D eigenvalue weighted by Crippen LogP contribution is -2.66. The maximum atomic E-state index is 15.5. The van der Waals surface area contributed by atoms with Crippen LogP contribution in [0.2, 0.25) is 0 Å². The van der Waals surface area contributed by atoms with Gasteiger partial charge in [0.25, 0.3) is 23.6 Å². The van der Waals surface area contributed by atoms with E-state index in [1.807, 2.05) is 150 Å². The van der Waals surface area contributed by atoms with Gasteiger partial charge in [0.05, 0.1) is 77.0 Å². The van der Waals surface area contributed by atoms with Crippen LogP contribution in [-0.4, -0.2) is 191 Å². The number of hydrogen-bond acceptors (Lipinski definition) is 26. The molecule has 150 heavy (non-hydrogen) atoms. The van der Waals surface area contributed by atoms with Gasteiger partial charge in [-0.25, -0.2) is 13.8 Å². The van der Waals surface area contributed by atoms with Crippen molar-refractivity contribution in [3.8, 4) is 78.3 Å². The second-order valence-corrected chi connectivity index (χ2v) is 41.5. The molecule has 0 bridgehead atoms. The smallest absolute Gasteiger partial charge is 0.278 e. The number of halogens is 2. The van der Waals surface area contributed by atoms with Gasteiger partial charge < -0.3 is 63.4 Å². The number of rotatable bonds is 7. The number of carbonyl (C=O) groups is 4. The average molecular weight is 2080 g/mol. The number of pyridine rings is 4. The maximum Gasteiger partial charge on any atom is 0.278 e. The molecule has 0 saturated carbocycles. The number of aromatic nitrogens is 5. The molecule has 4 amide bonds. The van der Waals surface area contributed by atoms with E-state index >= 15 is 4.39 Å². The Morgan fingerprint density at radius 1 is 0.320 bits per heavy atom. The van der Waals surface area contributed by atoms with Crippen molar-refractivity contribution in [1.29, 1.82) is 0 Å². The summed E-state index contributed by atoms with van der Waals surface area (Å²) in [5, 5.41) is 53.3. The highest BCUT2D eigenvalue weighted by molar-refractivity contribution is 7.99. The summed E-state index contributed by atoms with van der Waals surface area (Å²) in [5.74, 6) is -3.29. The van der Waals surface area contributed by atoms with Crippen LogP contribution in [0.3, 0.4) is 0 Å². The van der Waals surface area contributed by atoms with Crippen LogP contribution in [0.4, 0.5) is 8.78 Å². The first-order chi connectivity index (χ1) is 73.4. The lowest BCUT2D eigenvalue weighted by atomic mass is 9.89. The van der Waals surface area contributed by atoms with Gasteiger partial charge in [0.2, 0.25) is 21.7 Å². The van der Waals surface area contributed by atoms with E-state index in [1.54, 1.807) is 93.1 Å². The van der Waals surface area contributed by atoms with Gasteiger partial charge in [-0.05, 0) is 113 Å². The number of morpholine rings is 4. The molecule has 28 rings (SSSR count). The van der Waals surface area contributed by atoms with Gasteiger partial charge >= 0.3 is 0 Å². The molecule has 17 heterocycles. The zero-order valence-electron chi connectivity index (χ0n) is 79.8. The first kappa shape index (κ1) is 94.9. The molecule has 4 N–H and O–H groups in total. The molecule has 10 aromatic carbocycles. The number of oxazole rings is 1. The van der Waals surface area contributed by atoms with Crippen LogP contribution in [0.5, 0.6) is 23.0 Å². The van der Waals surface area contributed by atoms with Crippen LogP contribution in [-0.2, 0) is 36.2 Å². The average Bonchev–Trinajstić information content (AvgIpc) is 1.07. The molecular weight excluding hydrogens is 1990 g/mol. The number of ether oxygens (including phenoxy) is 4. The maximum absolute atomic E-state index is 15.5. The number of thiophene rings is 1. The Labute approximate surface area is 871 Å². The van der Waals surface area contributed by atoms with Crippen LogP contribution in [0.15, 0.2) is 336 Å². The van der Waals surface area contributed by atoms with Crippen molar-refractivity contribution in [2.75, 3.05) is 99.1 Å². The highest BCUT2D eigenvalue weighted by Crippen LogP contribution is 2.55. The molecule has 4 saturated heterocycles. The Hall–Kier alpha value is -16.1. The monoisotopic (exact) mass is 2080 g/mol. The SMILES string of the molecule is O=C1c2c(O)c(=O)ccn2N([C@@H]2c3ccc(F)c(F)c3CSc3c(-c4ccccc4)cccc32)[C@H]2COCCN12.O=C1c2c(O)c(=O)ccn2N([C@@H]2c3ccccc3-c3ncoc3-c3ccccc32)[C@H]2COCCN12.O=C1c2c(O)c(=O)ccn2N([C@H]2c3ccccc3SCc3c(-c4ccccc4)cccc32)[C@H]2COCCN12.O=C1c2c(O)c(=O)ccn2N([C@H]2c3ccccc3SCc3c(-c4cccs4)cccc32)[C@H]2COCCN12. The molecule has 4 fully saturated rings. The third-order valence-electron chi connectivity index (χ3n) is 29.7.